The second-order valence-corrected chi connectivity index (χ2v) is 5.53. The predicted octanol–water partition coefficient (Wildman–Crippen LogP) is 2.66. The summed E-state index contributed by atoms with van der Waals surface area (Å²) in [7, 11) is 0. The van der Waals surface area contributed by atoms with E-state index in [0.29, 0.717) is 0 Å². The van der Waals surface area contributed by atoms with Gasteiger partial charge in [0.15, 0.2) is 0 Å². The molecule has 1 saturated carbocycles. The lowest BCUT2D eigenvalue weighted by molar-refractivity contribution is 0.141. The van der Waals surface area contributed by atoms with Crippen molar-refractivity contribution < 1.29 is 0 Å². The van der Waals surface area contributed by atoms with Crippen LogP contribution in [-0.2, 0) is 0 Å². The van der Waals surface area contributed by atoms with Crippen LogP contribution >= 0.6 is 0 Å². The van der Waals surface area contributed by atoms with E-state index in [9.17, 15) is 0 Å². The third-order valence-electron chi connectivity index (χ3n) is 4.56. The van der Waals surface area contributed by atoms with Gasteiger partial charge < -0.3 is 0 Å². The monoisotopic (exact) mass is 179 g/mol. The van der Waals surface area contributed by atoms with Crippen molar-refractivity contribution in [3.05, 3.63) is 0 Å². The molecule has 0 N–H and O–H groups in total. The first-order valence-corrected chi connectivity index (χ1v) is 6.10. The molecule has 0 amide bonds. The minimum atomic E-state index is 0.985. The van der Waals surface area contributed by atoms with E-state index in [2.05, 4.69) is 11.8 Å². The molecule has 0 aromatic heterocycles. The van der Waals surface area contributed by atoms with Gasteiger partial charge in [-0.2, -0.15) is 0 Å². The summed E-state index contributed by atoms with van der Waals surface area (Å²) in [5.74, 6) is 2.09. The van der Waals surface area contributed by atoms with Crippen molar-refractivity contribution in [3.63, 3.8) is 0 Å². The molecule has 3 fully saturated rings. The molecule has 2 saturated heterocycles. The average molecular weight is 179 g/mol. The van der Waals surface area contributed by atoms with Crippen molar-refractivity contribution in [2.75, 3.05) is 6.54 Å². The van der Waals surface area contributed by atoms with Gasteiger partial charge in [0, 0.05) is 12.1 Å². The van der Waals surface area contributed by atoms with E-state index in [1.165, 1.54) is 45.1 Å². The summed E-state index contributed by atoms with van der Waals surface area (Å²) in [6, 6.07) is 1.99. The summed E-state index contributed by atoms with van der Waals surface area (Å²) < 4.78 is 0. The number of nitrogens with zero attached hydrogens (tertiary/aromatic N) is 1. The summed E-state index contributed by atoms with van der Waals surface area (Å²) >= 11 is 0. The molecule has 0 aromatic rings. The number of piperidine rings is 1. The molecule has 0 radical (unpaired) electrons. The summed E-state index contributed by atoms with van der Waals surface area (Å²) in [4.78, 5) is 2.86. The van der Waals surface area contributed by atoms with Gasteiger partial charge in [-0.1, -0.05) is 13.3 Å². The lowest BCUT2D eigenvalue weighted by Gasteiger charge is -2.33. The van der Waals surface area contributed by atoms with Crippen LogP contribution in [0.2, 0.25) is 0 Å². The van der Waals surface area contributed by atoms with Crippen molar-refractivity contribution in [1.29, 1.82) is 0 Å². The first-order valence-electron chi connectivity index (χ1n) is 6.10. The van der Waals surface area contributed by atoms with Crippen LogP contribution in [0.15, 0.2) is 0 Å². The standard InChI is InChI=1S/C12H21N/c1-9-6-10-8-11(7-9)13-5-3-2-4-12(10)13/h9-12H,2-8H2,1H3/t9?,10-,11+,12-/m0/s1. The number of rotatable bonds is 0. The molecule has 0 spiro atoms. The Kier molecular flexibility index (Phi) is 1.90. The van der Waals surface area contributed by atoms with E-state index in [-0.39, 0.29) is 0 Å². The number of fused-ring (bicyclic) bond motifs is 5. The number of hydrogen-bond acceptors (Lipinski definition) is 1. The Bertz CT molecular complexity index is 181. The van der Waals surface area contributed by atoms with Crippen LogP contribution < -0.4 is 0 Å². The lowest BCUT2D eigenvalue weighted by Crippen LogP contribution is -2.40. The highest BCUT2D eigenvalue weighted by Crippen LogP contribution is 2.45. The van der Waals surface area contributed by atoms with Gasteiger partial charge in [0.05, 0.1) is 0 Å². The fraction of sp³-hybridized carbons (Fsp3) is 1.00. The van der Waals surface area contributed by atoms with Gasteiger partial charge in [0.2, 0.25) is 0 Å². The molecule has 2 aliphatic heterocycles. The molecule has 1 nitrogen and oxygen atoms in total. The second kappa shape index (κ2) is 2.98. The fourth-order valence-electron chi connectivity index (χ4n) is 4.14. The van der Waals surface area contributed by atoms with Crippen molar-refractivity contribution in [2.45, 2.75) is 57.5 Å². The fourth-order valence-corrected chi connectivity index (χ4v) is 4.14. The van der Waals surface area contributed by atoms with Gasteiger partial charge in [0.1, 0.15) is 0 Å². The zero-order valence-corrected chi connectivity index (χ0v) is 8.71. The largest absolute Gasteiger partial charge is 0.297 e. The van der Waals surface area contributed by atoms with Crippen molar-refractivity contribution in [1.82, 2.24) is 4.90 Å². The summed E-state index contributed by atoms with van der Waals surface area (Å²) in [6.07, 6.45) is 9.03. The van der Waals surface area contributed by atoms with Crippen LogP contribution in [0.3, 0.4) is 0 Å². The zero-order valence-electron chi connectivity index (χ0n) is 8.71. The molecular formula is C12H21N. The molecular weight excluding hydrogens is 158 g/mol. The predicted molar refractivity (Wildman–Crippen MR) is 54.6 cm³/mol. The molecule has 0 aromatic carbocycles. The van der Waals surface area contributed by atoms with Crippen LogP contribution in [0.4, 0.5) is 0 Å². The Morgan fingerprint density at radius 1 is 1.08 bits per heavy atom. The van der Waals surface area contributed by atoms with Gasteiger partial charge in [-0.05, 0) is 50.5 Å². The molecule has 3 aliphatic rings. The summed E-state index contributed by atoms with van der Waals surface area (Å²) in [6.45, 7) is 3.87. The van der Waals surface area contributed by atoms with Crippen LogP contribution in [0.25, 0.3) is 0 Å². The van der Waals surface area contributed by atoms with Gasteiger partial charge in [-0.15, -0.1) is 0 Å². The van der Waals surface area contributed by atoms with Gasteiger partial charge in [-0.3, -0.25) is 4.90 Å². The van der Waals surface area contributed by atoms with Gasteiger partial charge in [0.25, 0.3) is 0 Å². The van der Waals surface area contributed by atoms with Crippen molar-refractivity contribution >= 4 is 0 Å². The Labute approximate surface area is 81.5 Å². The molecule has 74 valence electrons. The summed E-state index contributed by atoms with van der Waals surface area (Å²) in [5, 5.41) is 0. The SMILES string of the molecule is CC1C[C@H]2C[C@@H](C1)N1CCCC[C@@H]21. The average Bonchev–Trinajstić information content (AvgIpc) is 2.41. The topological polar surface area (TPSA) is 3.24 Å². The van der Waals surface area contributed by atoms with Crippen molar-refractivity contribution in [3.8, 4) is 0 Å². The molecule has 2 heterocycles. The maximum Gasteiger partial charge on any atom is 0.0127 e. The maximum atomic E-state index is 2.86. The third kappa shape index (κ3) is 1.24. The minimum absolute atomic E-state index is 0.985. The molecule has 1 unspecified atom stereocenters. The van der Waals surface area contributed by atoms with Crippen LogP contribution in [0.5, 0.6) is 0 Å². The molecule has 1 heteroatoms. The Morgan fingerprint density at radius 2 is 2.00 bits per heavy atom. The Balaban J connectivity index is 1.82. The van der Waals surface area contributed by atoms with Crippen LogP contribution in [0.1, 0.15) is 45.4 Å². The Morgan fingerprint density at radius 3 is 2.92 bits per heavy atom. The van der Waals surface area contributed by atoms with Gasteiger partial charge in [-0.25, -0.2) is 0 Å². The van der Waals surface area contributed by atoms with E-state index in [1.807, 2.05) is 0 Å². The highest BCUT2D eigenvalue weighted by molar-refractivity contribution is 4.99. The van der Waals surface area contributed by atoms with E-state index in [4.69, 9.17) is 0 Å². The smallest absolute Gasteiger partial charge is 0.0127 e. The third-order valence-corrected chi connectivity index (χ3v) is 4.56. The first kappa shape index (κ1) is 8.28. The Hall–Kier alpha value is -0.0400. The molecule has 13 heavy (non-hydrogen) atoms. The lowest BCUT2D eigenvalue weighted by atomic mass is 9.80. The summed E-state index contributed by atoms with van der Waals surface area (Å²) in [5.41, 5.74) is 0. The maximum absolute atomic E-state index is 2.86. The van der Waals surface area contributed by atoms with Gasteiger partial charge >= 0.3 is 0 Å². The molecule has 1 aliphatic carbocycles. The van der Waals surface area contributed by atoms with E-state index >= 15 is 0 Å². The molecule has 3 rings (SSSR count). The quantitative estimate of drug-likeness (QED) is 0.552. The van der Waals surface area contributed by atoms with Crippen LogP contribution in [0, 0.1) is 11.8 Å². The number of hydrogen-bond donors (Lipinski definition) is 0. The zero-order chi connectivity index (χ0) is 8.84. The normalized spacial score (nSPS) is 50.5. The first-order chi connectivity index (χ1) is 6.34. The minimum Gasteiger partial charge on any atom is -0.297 e. The molecule has 2 bridgehead atoms. The highest BCUT2D eigenvalue weighted by Gasteiger charge is 2.45. The van der Waals surface area contributed by atoms with E-state index < -0.39 is 0 Å². The second-order valence-electron chi connectivity index (χ2n) is 5.53. The highest BCUT2D eigenvalue weighted by atomic mass is 15.2. The van der Waals surface area contributed by atoms with E-state index in [1.54, 1.807) is 0 Å². The van der Waals surface area contributed by atoms with Crippen molar-refractivity contribution in [2.24, 2.45) is 11.8 Å². The molecule has 4 atom stereocenters. The van der Waals surface area contributed by atoms with E-state index in [0.717, 1.165) is 23.9 Å². The van der Waals surface area contributed by atoms with Crippen LogP contribution in [-0.4, -0.2) is 23.5 Å².